The molecule has 1 heterocycles. The van der Waals surface area contributed by atoms with Gasteiger partial charge in [-0.1, -0.05) is 49.2 Å². The Morgan fingerprint density at radius 3 is 2.41 bits per heavy atom. The molecule has 1 aliphatic heterocycles. The monoisotopic (exact) mass is 547 g/mol. The maximum absolute atomic E-state index is 13.4. The summed E-state index contributed by atoms with van der Waals surface area (Å²) in [5.41, 5.74) is 5.02. The fourth-order valence-corrected chi connectivity index (χ4v) is 6.53. The molecule has 1 fully saturated rings. The van der Waals surface area contributed by atoms with Crippen LogP contribution in [0, 0.1) is 0 Å². The molecule has 9 heteroatoms. The van der Waals surface area contributed by atoms with Crippen LogP contribution >= 0.6 is 0 Å². The van der Waals surface area contributed by atoms with Crippen LogP contribution < -0.4 is 14.9 Å². The molecule has 1 spiro atoms. The lowest BCUT2D eigenvalue weighted by atomic mass is 9.79. The molecule has 3 aromatic carbocycles. The Balaban J connectivity index is 1.40. The minimum absolute atomic E-state index is 0.106. The van der Waals surface area contributed by atoms with E-state index >= 15 is 0 Å². The van der Waals surface area contributed by atoms with Crippen molar-refractivity contribution >= 4 is 27.7 Å². The maximum Gasteiger partial charge on any atom is 0.338 e. The van der Waals surface area contributed by atoms with Crippen molar-refractivity contribution < 1.29 is 22.7 Å². The summed E-state index contributed by atoms with van der Waals surface area (Å²) in [6.07, 6.45) is 4.24. The van der Waals surface area contributed by atoms with E-state index in [1.807, 2.05) is 35.2 Å². The van der Waals surface area contributed by atoms with Crippen molar-refractivity contribution in [3.8, 4) is 11.1 Å². The number of sulfonamides is 1. The topological polar surface area (TPSA) is 105 Å². The predicted octanol–water partition coefficient (Wildman–Crippen LogP) is 4.98. The zero-order valence-electron chi connectivity index (χ0n) is 22.2. The van der Waals surface area contributed by atoms with Crippen LogP contribution in [0.2, 0.25) is 0 Å². The number of carbonyl (C=O) groups excluding carboxylic acids is 2. The van der Waals surface area contributed by atoms with E-state index in [1.54, 1.807) is 25.1 Å². The van der Waals surface area contributed by atoms with Gasteiger partial charge in [0.2, 0.25) is 10.0 Å². The average Bonchev–Trinajstić information content (AvgIpc) is 3.57. The molecule has 0 atom stereocenters. The van der Waals surface area contributed by atoms with Crippen molar-refractivity contribution in [2.45, 2.75) is 49.5 Å². The fourth-order valence-electron chi connectivity index (χ4n) is 5.80. The van der Waals surface area contributed by atoms with Crippen LogP contribution in [0.5, 0.6) is 0 Å². The second kappa shape index (κ2) is 10.8. The molecule has 1 aliphatic carbocycles. The van der Waals surface area contributed by atoms with Crippen LogP contribution in [0.15, 0.2) is 71.6 Å². The molecular formula is C30H33N3O5S. The maximum atomic E-state index is 13.4. The SMILES string of the molecule is CCOC(=O)c1ccccc1-c1ccc2c(c1)C1(CCCC1)CN2C(=O)NCc1ccc(S(=O)(=O)NC)cc1. The number of rotatable bonds is 7. The molecular weight excluding hydrogens is 514 g/mol. The minimum atomic E-state index is -3.51. The highest BCUT2D eigenvalue weighted by Gasteiger charge is 2.46. The van der Waals surface area contributed by atoms with Gasteiger partial charge in [-0.25, -0.2) is 22.7 Å². The van der Waals surface area contributed by atoms with Crippen molar-refractivity contribution in [2.24, 2.45) is 0 Å². The first-order valence-electron chi connectivity index (χ1n) is 13.3. The van der Waals surface area contributed by atoms with Gasteiger partial charge >= 0.3 is 12.0 Å². The molecule has 0 radical (unpaired) electrons. The number of anilines is 1. The van der Waals surface area contributed by atoms with Gasteiger partial charge in [0.15, 0.2) is 0 Å². The highest BCUT2D eigenvalue weighted by molar-refractivity contribution is 7.89. The summed E-state index contributed by atoms with van der Waals surface area (Å²) in [6, 6.07) is 19.8. The molecule has 0 unspecified atom stereocenters. The van der Waals surface area contributed by atoms with Gasteiger partial charge in [-0.3, -0.25) is 4.90 Å². The number of nitrogens with zero attached hydrogens (tertiary/aromatic N) is 1. The van der Waals surface area contributed by atoms with Crippen LogP contribution in [0.4, 0.5) is 10.5 Å². The van der Waals surface area contributed by atoms with Gasteiger partial charge < -0.3 is 10.1 Å². The Kier molecular flexibility index (Phi) is 7.46. The number of fused-ring (bicyclic) bond motifs is 2. The molecule has 204 valence electrons. The van der Waals surface area contributed by atoms with E-state index < -0.39 is 10.0 Å². The van der Waals surface area contributed by atoms with Gasteiger partial charge in [-0.2, -0.15) is 0 Å². The number of urea groups is 1. The first-order valence-corrected chi connectivity index (χ1v) is 14.8. The van der Waals surface area contributed by atoms with Gasteiger partial charge in [0, 0.05) is 24.2 Å². The van der Waals surface area contributed by atoms with Gasteiger partial charge in [0.1, 0.15) is 0 Å². The summed E-state index contributed by atoms with van der Waals surface area (Å²) in [5, 5.41) is 3.01. The zero-order valence-corrected chi connectivity index (χ0v) is 23.0. The molecule has 1 saturated carbocycles. The van der Waals surface area contributed by atoms with E-state index in [1.165, 1.54) is 19.2 Å². The Hall–Kier alpha value is -3.69. The average molecular weight is 548 g/mol. The standard InChI is InChI=1S/C30H33N3O5S/c1-3-38-28(34)25-9-5-4-8-24(25)22-12-15-27-26(18-22)30(16-6-7-17-30)20-33(27)29(35)32-19-21-10-13-23(14-11-21)39(36,37)31-2/h4-5,8-15,18,31H,3,6-7,16-17,19-20H2,1-2H3,(H,32,35). The number of amides is 2. The van der Waals surface area contributed by atoms with Crippen LogP contribution in [0.3, 0.4) is 0 Å². The highest BCUT2D eigenvalue weighted by Crippen LogP contribution is 2.51. The van der Waals surface area contributed by atoms with E-state index in [0.717, 1.165) is 53.6 Å². The first kappa shape index (κ1) is 26.9. The lowest BCUT2D eigenvalue weighted by molar-refractivity contribution is 0.0527. The van der Waals surface area contributed by atoms with Gasteiger partial charge in [-0.05, 0) is 79.4 Å². The molecule has 2 N–H and O–H groups in total. The molecule has 0 bridgehead atoms. The van der Waals surface area contributed by atoms with E-state index in [4.69, 9.17) is 4.74 Å². The number of hydrogen-bond donors (Lipinski definition) is 2. The smallest absolute Gasteiger partial charge is 0.338 e. The first-order chi connectivity index (χ1) is 18.8. The molecule has 2 aliphatic rings. The largest absolute Gasteiger partial charge is 0.462 e. The molecule has 2 amide bonds. The third kappa shape index (κ3) is 5.16. The number of ether oxygens (including phenoxy) is 1. The number of hydrogen-bond acceptors (Lipinski definition) is 5. The fraction of sp³-hybridized carbons (Fsp3) is 0.333. The lowest BCUT2D eigenvalue weighted by Gasteiger charge is -2.25. The lowest BCUT2D eigenvalue weighted by Crippen LogP contribution is -2.41. The molecule has 39 heavy (non-hydrogen) atoms. The summed E-state index contributed by atoms with van der Waals surface area (Å²) in [6.45, 7) is 2.99. The summed E-state index contributed by atoms with van der Waals surface area (Å²) < 4.78 is 31.5. The Labute approximate surface area is 229 Å². The van der Waals surface area contributed by atoms with E-state index in [2.05, 4.69) is 16.1 Å². The third-order valence-electron chi connectivity index (χ3n) is 7.80. The van der Waals surface area contributed by atoms with Gasteiger partial charge in [0.25, 0.3) is 0 Å². The van der Waals surface area contributed by atoms with Crippen LogP contribution in [0.25, 0.3) is 11.1 Å². The second-order valence-corrected chi connectivity index (χ2v) is 12.0. The number of nitrogens with one attached hydrogen (secondary N) is 2. The quantitative estimate of drug-likeness (QED) is 0.406. The molecule has 8 nitrogen and oxygen atoms in total. The zero-order chi connectivity index (χ0) is 27.6. The number of benzene rings is 3. The molecule has 5 rings (SSSR count). The summed E-state index contributed by atoms with van der Waals surface area (Å²) >= 11 is 0. The van der Waals surface area contributed by atoms with Crippen molar-refractivity contribution in [2.75, 3.05) is 25.1 Å². The summed E-state index contributed by atoms with van der Waals surface area (Å²) in [4.78, 5) is 28.0. The Bertz CT molecular complexity index is 1500. The van der Waals surface area contributed by atoms with Gasteiger partial charge in [-0.15, -0.1) is 0 Å². The number of carbonyl (C=O) groups is 2. The minimum Gasteiger partial charge on any atom is -0.462 e. The van der Waals surface area contributed by atoms with Crippen LogP contribution in [-0.4, -0.2) is 40.6 Å². The van der Waals surface area contributed by atoms with Crippen molar-refractivity contribution in [1.82, 2.24) is 10.0 Å². The normalized spacial score (nSPS) is 15.8. The van der Waals surface area contributed by atoms with Crippen molar-refractivity contribution in [3.63, 3.8) is 0 Å². The second-order valence-electron chi connectivity index (χ2n) is 10.1. The Morgan fingerprint density at radius 2 is 1.72 bits per heavy atom. The summed E-state index contributed by atoms with van der Waals surface area (Å²) in [7, 11) is -2.14. The third-order valence-corrected chi connectivity index (χ3v) is 9.24. The van der Waals surface area contributed by atoms with E-state index in [9.17, 15) is 18.0 Å². The molecule has 3 aromatic rings. The highest BCUT2D eigenvalue weighted by atomic mass is 32.2. The van der Waals surface area contributed by atoms with E-state index in [-0.39, 0.29) is 28.9 Å². The van der Waals surface area contributed by atoms with Crippen LogP contribution in [-0.2, 0) is 26.7 Å². The predicted molar refractivity (Wildman–Crippen MR) is 150 cm³/mol. The van der Waals surface area contributed by atoms with Crippen LogP contribution in [0.1, 0.15) is 54.1 Å². The van der Waals surface area contributed by atoms with Gasteiger partial charge in [0.05, 0.1) is 17.1 Å². The van der Waals surface area contributed by atoms with E-state index in [0.29, 0.717) is 18.7 Å². The Morgan fingerprint density at radius 1 is 1.00 bits per heavy atom. The number of esters is 1. The molecule has 0 aromatic heterocycles. The van der Waals surface area contributed by atoms with Crippen molar-refractivity contribution in [3.05, 3.63) is 83.4 Å². The summed E-state index contributed by atoms with van der Waals surface area (Å²) in [5.74, 6) is -0.346. The molecule has 0 saturated heterocycles. The van der Waals surface area contributed by atoms with Crippen molar-refractivity contribution in [1.29, 1.82) is 0 Å².